The van der Waals surface area contributed by atoms with Gasteiger partial charge in [0, 0.05) is 18.9 Å². The number of aromatic nitrogens is 2. The quantitative estimate of drug-likeness (QED) is 0.789. The molecule has 5 heteroatoms. The molecule has 5 nitrogen and oxygen atoms in total. The molecule has 1 aromatic heterocycles. The van der Waals surface area contributed by atoms with E-state index in [1.807, 2.05) is 29.8 Å². The molecule has 0 saturated heterocycles. The van der Waals surface area contributed by atoms with Crippen LogP contribution in [-0.4, -0.2) is 9.55 Å². The van der Waals surface area contributed by atoms with Crippen molar-refractivity contribution >= 4 is 16.7 Å². The van der Waals surface area contributed by atoms with Gasteiger partial charge < -0.3 is 9.88 Å². The van der Waals surface area contributed by atoms with E-state index >= 15 is 0 Å². The second-order valence-electron chi connectivity index (χ2n) is 3.48. The second kappa shape index (κ2) is 4.38. The fourth-order valence-electron chi connectivity index (χ4n) is 1.46. The van der Waals surface area contributed by atoms with Gasteiger partial charge in [-0.3, -0.25) is 0 Å². The number of allylic oxidation sites excluding steroid dienone is 1. The van der Waals surface area contributed by atoms with Crippen LogP contribution in [0.1, 0.15) is 0 Å². The number of anilines is 1. The maximum absolute atomic E-state index is 8.59. The van der Waals surface area contributed by atoms with Gasteiger partial charge in [0.25, 0.3) is 0 Å². The minimum Gasteiger partial charge on any atom is -0.360 e. The molecule has 0 bridgehead atoms. The largest absolute Gasteiger partial charge is 0.360 e. The molecule has 0 aliphatic heterocycles. The van der Waals surface area contributed by atoms with E-state index in [4.69, 9.17) is 10.5 Å². The summed E-state index contributed by atoms with van der Waals surface area (Å²) in [4.78, 5) is 4.20. The molecule has 0 amide bonds. The lowest BCUT2D eigenvalue weighted by Crippen LogP contribution is -1.91. The molecule has 0 spiro atoms. The zero-order valence-electron chi connectivity index (χ0n) is 9.18. The van der Waals surface area contributed by atoms with Crippen molar-refractivity contribution in [3.05, 3.63) is 36.3 Å². The van der Waals surface area contributed by atoms with Crippen LogP contribution < -0.4 is 5.32 Å². The normalized spacial score (nSPS) is 9.35. The highest BCUT2D eigenvalue weighted by Gasteiger charge is 2.00. The van der Waals surface area contributed by atoms with E-state index in [-0.39, 0.29) is 5.57 Å². The Morgan fingerprint density at radius 1 is 1.41 bits per heavy atom. The molecule has 17 heavy (non-hydrogen) atoms. The van der Waals surface area contributed by atoms with Crippen LogP contribution in [0.2, 0.25) is 0 Å². The van der Waals surface area contributed by atoms with Crippen molar-refractivity contribution in [3.63, 3.8) is 0 Å². The molecule has 0 unspecified atom stereocenters. The lowest BCUT2D eigenvalue weighted by Gasteiger charge is -2.01. The van der Waals surface area contributed by atoms with Gasteiger partial charge in [0.1, 0.15) is 17.7 Å². The van der Waals surface area contributed by atoms with Crippen molar-refractivity contribution in [3.8, 4) is 12.1 Å². The zero-order chi connectivity index (χ0) is 12.3. The third kappa shape index (κ3) is 2.09. The summed E-state index contributed by atoms with van der Waals surface area (Å²) in [6.45, 7) is 0. The Morgan fingerprint density at radius 3 is 2.88 bits per heavy atom. The Morgan fingerprint density at radius 2 is 2.18 bits per heavy atom. The Kier molecular flexibility index (Phi) is 2.76. The summed E-state index contributed by atoms with van der Waals surface area (Å²) in [7, 11) is 1.91. The van der Waals surface area contributed by atoms with Gasteiger partial charge in [-0.05, 0) is 18.2 Å². The van der Waals surface area contributed by atoms with E-state index < -0.39 is 0 Å². The molecule has 1 heterocycles. The molecule has 2 aromatic rings. The van der Waals surface area contributed by atoms with E-state index in [0.29, 0.717) is 0 Å². The number of nitrogens with zero attached hydrogens (tertiary/aromatic N) is 4. The first-order valence-electron chi connectivity index (χ1n) is 4.92. The summed E-state index contributed by atoms with van der Waals surface area (Å²) in [6.07, 6.45) is 3.12. The van der Waals surface area contributed by atoms with Crippen molar-refractivity contribution in [2.24, 2.45) is 7.05 Å². The van der Waals surface area contributed by atoms with Crippen LogP contribution in [-0.2, 0) is 7.05 Å². The smallest absolute Gasteiger partial charge is 0.145 e. The number of nitrogens with one attached hydrogen (secondary N) is 1. The first kappa shape index (κ1) is 10.7. The van der Waals surface area contributed by atoms with Crippen LogP contribution in [0.15, 0.2) is 36.3 Å². The maximum Gasteiger partial charge on any atom is 0.145 e. The van der Waals surface area contributed by atoms with Crippen molar-refractivity contribution in [1.82, 2.24) is 9.55 Å². The highest BCUT2D eigenvalue weighted by atomic mass is 15.0. The lowest BCUT2D eigenvalue weighted by molar-refractivity contribution is 0.948. The molecule has 82 valence electrons. The molecular formula is C12H9N5. The SMILES string of the molecule is Cn1cnc2ccc(NC=C(C#N)C#N)cc21. The van der Waals surface area contributed by atoms with Gasteiger partial charge in [0.05, 0.1) is 17.4 Å². The molecule has 0 atom stereocenters. The van der Waals surface area contributed by atoms with E-state index in [1.165, 1.54) is 6.20 Å². The molecule has 0 saturated carbocycles. The number of benzene rings is 1. The first-order chi connectivity index (χ1) is 8.24. The predicted octanol–water partition coefficient (Wildman–Crippen LogP) is 1.92. The lowest BCUT2D eigenvalue weighted by atomic mass is 10.2. The van der Waals surface area contributed by atoms with E-state index in [1.54, 1.807) is 18.5 Å². The van der Waals surface area contributed by atoms with Crippen molar-refractivity contribution in [2.45, 2.75) is 0 Å². The van der Waals surface area contributed by atoms with Crippen LogP contribution in [0, 0.1) is 22.7 Å². The minimum absolute atomic E-state index is 0.0371. The summed E-state index contributed by atoms with van der Waals surface area (Å²) < 4.78 is 1.90. The van der Waals surface area contributed by atoms with Crippen LogP contribution in [0.5, 0.6) is 0 Å². The van der Waals surface area contributed by atoms with E-state index in [0.717, 1.165) is 16.7 Å². The number of aryl methyl sites for hydroxylation is 1. The molecule has 0 aliphatic rings. The zero-order valence-corrected chi connectivity index (χ0v) is 9.18. The molecule has 1 N–H and O–H groups in total. The van der Waals surface area contributed by atoms with Gasteiger partial charge in [0.15, 0.2) is 0 Å². The second-order valence-corrected chi connectivity index (χ2v) is 3.48. The molecule has 2 rings (SSSR count). The van der Waals surface area contributed by atoms with Gasteiger partial charge in [-0.15, -0.1) is 0 Å². The Hall–Kier alpha value is -2.79. The van der Waals surface area contributed by atoms with Crippen LogP contribution in [0.3, 0.4) is 0 Å². The number of rotatable bonds is 2. The molecule has 0 aliphatic carbocycles. The van der Waals surface area contributed by atoms with Gasteiger partial charge in [-0.25, -0.2) is 4.98 Å². The molecule has 0 fully saturated rings. The number of nitriles is 2. The Labute approximate surface area is 98.2 Å². The van der Waals surface area contributed by atoms with Crippen LogP contribution >= 0.6 is 0 Å². The highest BCUT2D eigenvalue weighted by Crippen LogP contribution is 2.17. The number of imidazole rings is 1. The Bertz CT molecular complexity index is 650. The fourth-order valence-corrected chi connectivity index (χ4v) is 1.46. The maximum atomic E-state index is 8.59. The van der Waals surface area contributed by atoms with Gasteiger partial charge >= 0.3 is 0 Å². The number of fused-ring (bicyclic) bond motifs is 1. The number of hydrogen-bond acceptors (Lipinski definition) is 4. The molecule has 0 radical (unpaired) electrons. The third-order valence-corrected chi connectivity index (χ3v) is 2.35. The van der Waals surface area contributed by atoms with E-state index in [2.05, 4.69) is 10.3 Å². The standard InChI is InChI=1S/C12H9N5/c1-17-8-16-11-3-2-10(4-12(11)17)15-7-9(5-13)6-14/h2-4,7-8,15H,1H3. The average Bonchev–Trinajstić information content (AvgIpc) is 2.72. The topological polar surface area (TPSA) is 77.4 Å². The monoisotopic (exact) mass is 223 g/mol. The minimum atomic E-state index is 0.0371. The summed E-state index contributed by atoms with van der Waals surface area (Å²) in [6, 6.07) is 9.20. The van der Waals surface area contributed by atoms with Crippen molar-refractivity contribution in [2.75, 3.05) is 5.32 Å². The van der Waals surface area contributed by atoms with Gasteiger partial charge in [-0.2, -0.15) is 10.5 Å². The van der Waals surface area contributed by atoms with Crippen molar-refractivity contribution < 1.29 is 0 Å². The van der Waals surface area contributed by atoms with Gasteiger partial charge in [-0.1, -0.05) is 0 Å². The predicted molar refractivity (Wildman–Crippen MR) is 63.6 cm³/mol. The van der Waals surface area contributed by atoms with Crippen LogP contribution in [0.4, 0.5) is 5.69 Å². The summed E-state index contributed by atoms with van der Waals surface area (Å²) in [5, 5.41) is 20.1. The number of hydrogen-bond donors (Lipinski definition) is 1. The molecular weight excluding hydrogens is 214 g/mol. The summed E-state index contributed by atoms with van der Waals surface area (Å²) in [5.74, 6) is 0. The summed E-state index contributed by atoms with van der Waals surface area (Å²) >= 11 is 0. The first-order valence-corrected chi connectivity index (χ1v) is 4.92. The highest BCUT2D eigenvalue weighted by molar-refractivity contribution is 5.79. The van der Waals surface area contributed by atoms with E-state index in [9.17, 15) is 0 Å². The third-order valence-electron chi connectivity index (χ3n) is 2.35. The van der Waals surface area contributed by atoms with Crippen LogP contribution in [0.25, 0.3) is 11.0 Å². The Balaban J connectivity index is 2.32. The fraction of sp³-hybridized carbons (Fsp3) is 0.0833. The summed E-state index contributed by atoms with van der Waals surface area (Å²) in [5.41, 5.74) is 2.74. The molecule has 1 aromatic carbocycles. The van der Waals surface area contributed by atoms with Crippen molar-refractivity contribution in [1.29, 1.82) is 10.5 Å². The average molecular weight is 223 g/mol. The van der Waals surface area contributed by atoms with Gasteiger partial charge in [0.2, 0.25) is 0 Å².